The summed E-state index contributed by atoms with van der Waals surface area (Å²) in [6, 6.07) is 0. The minimum absolute atomic E-state index is 0. The van der Waals surface area contributed by atoms with E-state index in [1.54, 1.807) is 0 Å². The summed E-state index contributed by atoms with van der Waals surface area (Å²) >= 11 is 0. The van der Waals surface area contributed by atoms with E-state index in [4.69, 9.17) is 0 Å². The molecular formula is H5BCuFeNbSi. The molecule has 0 saturated carbocycles. The molecule has 0 aromatic heterocycles. The molecule has 0 aliphatic heterocycles. The van der Waals surface area contributed by atoms with Crippen molar-refractivity contribution in [2.24, 2.45) is 0 Å². The molecule has 0 amide bonds. The molecule has 0 spiro atoms. The first-order chi connectivity index (χ1) is 1.00. The van der Waals surface area contributed by atoms with Crippen LogP contribution in [0.2, 0.25) is 0 Å². The van der Waals surface area contributed by atoms with E-state index in [2.05, 4.69) is 7.44 Å². The molecule has 0 aliphatic carbocycles. The Balaban J connectivity index is -0.00000000167. The molecule has 0 atom stereocenters. The molecule has 0 saturated heterocycles. The molecule has 0 fully saturated rings. The second-order valence-corrected chi connectivity index (χ2v) is 0. The van der Waals surface area contributed by atoms with Crippen molar-refractivity contribution in [3.63, 3.8) is 0 Å². The summed E-state index contributed by atoms with van der Waals surface area (Å²) in [7, 11) is 3.44. The summed E-state index contributed by atoms with van der Waals surface area (Å²) in [6.45, 7) is 0. The third kappa shape index (κ3) is 23.5. The molecule has 0 nitrogen and oxygen atoms in total. The van der Waals surface area contributed by atoms with Crippen LogP contribution >= 0.6 is 0 Å². The summed E-state index contributed by atoms with van der Waals surface area (Å²) in [5.74, 6) is 0. The standard InChI is InChI=1S/BH5Si.Cu.Fe.Nb/c1-2;;;/h1H2,2H3;;;. The molecule has 36 valence electrons. The first kappa shape index (κ1) is 27.7. The quantitative estimate of drug-likeness (QED) is 0.435. The van der Waals surface area contributed by atoms with Crippen LogP contribution in [0.25, 0.3) is 0 Å². The fraction of sp³-hybridized carbons (Fsp3) is 0. The Morgan fingerprint density at radius 2 is 1.20 bits per heavy atom. The number of hydrogen-bond donors (Lipinski definition) is 0. The molecule has 5 heavy (non-hydrogen) atoms. The summed E-state index contributed by atoms with van der Waals surface area (Å²) < 4.78 is 0. The fourth-order valence-corrected chi connectivity index (χ4v) is 0. The molecule has 0 rings (SSSR count). The van der Waals surface area contributed by atoms with Gasteiger partial charge in [0.15, 0.2) is 0 Å². The Hall–Kier alpha value is 2.06. The van der Waals surface area contributed by atoms with Crippen LogP contribution in [0.4, 0.5) is 0 Å². The van der Waals surface area contributed by atoms with Crippen molar-refractivity contribution in [1.82, 2.24) is 0 Å². The Morgan fingerprint density at radius 1 is 1.20 bits per heavy atom. The predicted molar refractivity (Wildman–Crippen MR) is 18.5 cm³/mol. The van der Waals surface area contributed by atoms with Gasteiger partial charge in [0, 0.05) is 56.5 Å². The molecule has 0 aliphatic rings. The van der Waals surface area contributed by atoms with Crippen LogP contribution in [0.5, 0.6) is 0 Å². The van der Waals surface area contributed by atoms with Gasteiger partial charge in [-0.15, -0.1) is 0 Å². The van der Waals surface area contributed by atoms with Gasteiger partial charge >= 0.3 is 0 Å². The van der Waals surface area contributed by atoms with Crippen molar-refractivity contribution < 1.29 is 56.5 Å². The van der Waals surface area contributed by atoms with Crippen LogP contribution in [0.1, 0.15) is 0 Å². The monoisotopic (exact) mass is 256 g/mol. The third-order valence-electron chi connectivity index (χ3n) is 0. The van der Waals surface area contributed by atoms with Crippen LogP contribution in [0, 0.1) is 0 Å². The largest absolute Gasteiger partial charge is 0.0852 e. The van der Waals surface area contributed by atoms with E-state index in [-0.39, 0.29) is 56.5 Å². The topological polar surface area (TPSA) is 0 Å². The Kier molecular flexibility index (Phi) is 202. The molecule has 5 heteroatoms. The van der Waals surface area contributed by atoms with E-state index in [1.807, 2.05) is 0 Å². The van der Waals surface area contributed by atoms with Gasteiger partial charge < -0.3 is 0 Å². The van der Waals surface area contributed by atoms with Gasteiger partial charge in [-0.2, -0.15) is 0 Å². The Morgan fingerprint density at radius 3 is 1.20 bits per heavy atom. The van der Waals surface area contributed by atoms with E-state index in [9.17, 15) is 0 Å². The van der Waals surface area contributed by atoms with Crippen LogP contribution < -0.4 is 0 Å². The molecule has 0 aromatic rings. The zero-order valence-electron chi connectivity index (χ0n) is 3.10. The van der Waals surface area contributed by atoms with Gasteiger partial charge in [-0.3, -0.25) is 0 Å². The maximum atomic E-state index is 2.14. The van der Waals surface area contributed by atoms with Crippen molar-refractivity contribution in [3.8, 4) is 0 Å². The summed E-state index contributed by atoms with van der Waals surface area (Å²) in [4.78, 5) is 0. The van der Waals surface area contributed by atoms with Crippen LogP contribution in [0.15, 0.2) is 0 Å². The molecule has 0 unspecified atom stereocenters. The smallest absolute Gasteiger partial charge is 0.0304 e. The molecule has 0 N–H and O–H groups in total. The van der Waals surface area contributed by atoms with E-state index in [0.29, 0.717) is 0 Å². The minimum Gasteiger partial charge on any atom is -0.0304 e. The molecule has 0 heterocycles. The minimum atomic E-state index is 0. The first-order valence-electron chi connectivity index (χ1n) is 1.00. The zero-order chi connectivity index (χ0) is 2.00. The van der Waals surface area contributed by atoms with E-state index < -0.39 is 0 Å². The van der Waals surface area contributed by atoms with Crippen molar-refractivity contribution >= 4 is 17.6 Å². The van der Waals surface area contributed by atoms with Crippen molar-refractivity contribution in [2.45, 2.75) is 0 Å². The Labute approximate surface area is 73.5 Å². The van der Waals surface area contributed by atoms with Crippen molar-refractivity contribution in [3.05, 3.63) is 0 Å². The molecule has 0 aromatic carbocycles. The Bertz CT molecular complexity index is 11.6. The predicted octanol–water partition coefficient (Wildman–Crippen LogP) is -2.11. The number of rotatable bonds is 0. The van der Waals surface area contributed by atoms with Gasteiger partial charge in [0.25, 0.3) is 0 Å². The van der Waals surface area contributed by atoms with E-state index in [1.165, 1.54) is 10.1 Å². The average Bonchev–Trinajstić information content (AvgIpc) is 1.00. The van der Waals surface area contributed by atoms with E-state index >= 15 is 0 Å². The first-order valence-corrected chi connectivity index (χ1v) is 3.00. The maximum Gasteiger partial charge on any atom is 0.0852 e. The van der Waals surface area contributed by atoms with Gasteiger partial charge in [-0.1, -0.05) is 0 Å². The second kappa shape index (κ2) is 36.5. The van der Waals surface area contributed by atoms with Crippen molar-refractivity contribution in [1.29, 1.82) is 0 Å². The number of hydrogen-bond acceptors (Lipinski definition) is 0. The zero-order valence-corrected chi connectivity index (χ0v) is 9.35. The van der Waals surface area contributed by atoms with Gasteiger partial charge in [0.2, 0.25) is 0 Å². The van der Waals surface area contributed by atoms with Crippen LogP contribution in [0.3, 0.4) is 0 Å². The third-order valence-corrected chi connectivity index (χ3v) is 0. The van der Waals surface area contributed by atoms with Crippen LogP contribution in [-0.2, 0) is 56.5 Å². The second-order valence-electron chi connectivity index (χ2n) is 0. The van der Waals surface area contributed by atoms with Crippen LogP contribution in [-0.4, -0.2) is 17.6 Å². The SMILES string of the molecule is B[SiH3].[Cu].[Fe].[Nb]. The molecule has 2 radical (unpaired) electrons. The normalized spacial score (nSPS) is 1.60. The van der Waals surface area contributed by atoms with Gasteiger partial charge in [0.05, 0.1) is 7.44 Å². The summed E-state index contributed by atoms with van der Waals surface area (Å²) in [5.41, 5.74) is 0. The average molecular weight is 256 g/mol. The van der Waals surface area contributed by atoms with Gasteiger partial charge in [-0.25, -0.2) is 0 Å². The molecule has 0 bridgehead atoms. The van der Waals surface area contributed by atoms with Gasteiger partial charge in [-0.05, 0) is 10.1 Å². The maximum absolute atomic E-state index is 2.14. The summed E-state index contributed by atoms with van der Waals surface area (Å²) in [6.07, 6.45) is 0. The van der Waals surface area contributed by atoms with Crippen molar-refractivity contribution in [2.75, 3.05) is 0 Å². The molecular weight excluding hydrogens is 251 g/mol. The fourth-order valence-electron chi connectivity index (χ4n) is 0. The summed E-state index contributed by atoms with van der Waals surface area (Å²) in [5, 5.41) is 0. The van der Waals surface area contributed by atoms with E-state index in [0.717, 1.165) is 0 Å². The van der Waals surface area contributed by atoms with Gasteiger partial charge in [0.1, 0.15) is 0 Å².